The van der Waals surface area contributed by atoms with Crippen molar-refractivity contribution in [2.24, 2.45) is 23.2 Å². The van der Waals surface area contributed by atoms with E-state index < -0.39 is 0 Å². The van der Waals surface area contributed by atoms with Gasteiger partial charge in [-0.15, -0.1) is 0 Å². The minimum atomic E-state index is -0.236. The molecule has 3 aromatic rings. The number of nitrogens with two attached hydrogens (primary N) is 1. The third-order valence-electron chi connectivity index (χ3n) is 7.65. The van der Waals surface area contributed by atoms with E-state index in [0.29, 0.717) is 24.6 Å². The number of hydrogen-bond donors (Lipinski definition) is 1. The molecular formula is C24H27N5O2. The molecule has 0 radical (unpaired) electrons. The van der Waals surface area contributed by atoms with Crippen LogP contribution >= 0.6 is 0 Å². The first-order chi connectivity index (χ1) is 15.1. The maximum absolute atomic E-state index is 13.2. The van der Waals surface area contributed by atoms with Gasteiger partial charge < -0.3 is 10.5 Å². The molecule has 4 aliphatic carbocycles. The Kier molecular flexibility index (Phi) is 4.26. The fourth-order valence-electron chi connectivity index (χ4n) is 6.77. The Morgan fingerprint density at radius 2 is 1.77 bits per heavy atom. The molecule has 7 rings (SSSR count). The summed E-state index contributed by atoms with van der Waals surface area (Å²) in [5.74, 6) is 2.47. The Hall–Kier alpha value is -2.96. The molecule has 0 saturated heterocycles. The number of nitrogen functional groups attached to an aromatic ring is 1. The van der Waals surface area contributed by atoms with Crippen molar-refractivity contribution in [2.45, 2.75) is 44.9 Å². The van der Waals surface area contributed by atoms with E-state index in [1.165, 1.54) is 25.6 Å². The number of benzene rings is 1. The number of carbonyl (C=O) groups is 1. The maximum atomic E-state index is 13.2. The molecule has 0 atom stereocenters. The quantitative estimate of drug-likeness (QED) is 0.637. The van der Waals surface area contributed by atoms with Crippen molar-refractivity contribution in [1.29, 1.82) is 0 Å². The van der Waals surface area contributed by atoms with Crippen LogP contribution in [0.5, 0.6) is 0 Å². The summed E-state index contributed by atoms with van der Waals surface area (Å²) in [6.07, 6.45) is 9.00. The molecular weight excluding hydrogens is 390 g/mol. The zero-order chi connectivity index (χ0) is 21.0. The highest BCUT2D eigenvalue weighted by molar-refractivity contribution is 5.78. The summed E-state index contributed by atoms with van der Waals surface area (Å²) in [6.45, 7) is 0.314. The largest absolute Gasteiger partial charge is 0.465 e. The molecule has 4 bridgehead atoms. The Morgan fingerprint density at radius 1 is 1.10 bits per heavy atom. The van der Waals surface area contributed by atoms with Gasteiger partial charge in [0.05, 0.1) is 17.7 Å². The van der Waals surface area contributed by atoms with Crippen molar-refractivity contribution in [2.75, 3.05) is 12.3 Å². The summed E-state index contributed by atoms with van der Waals surface area (Å²) < 4.78 is 7.47. The predicted molar refractivity (Wildman–Crippen MR) is 116 cm³/mol. The number of anilines is 1. The van der Waals surface area contributed by atoms with Crippen LogP contribution in [0.2, 0.25) is 0 Å². The minimum absolute atomic E-state index is 0.00810. The second kappa shape index (κ2) is 7.04. The standard InChI is InChI=1S/C24H27N5O2/c25-23-28-20(18-4-2-1-3-5-18)19(21-26-14-27-29(21)23)6-7-31-22(30)24-11-15-8-16(12-24)10-17(9-15)13-24/h1-5,14-17H,6-13H2,(H2,25,28). The zero-order valence-corrected chi connectivity index (χ0v) is 17.5. The summed E-state index contributed by atoms with van der Waals surface area (Å²) in [5, 5.41) is 4.19. The number of hydrogen-bond acceptors (Lipinski definition) is 6. The van der Waals surface area contributed by atoms with E-state index in [9.17, 15) is 4.79 Å². The topological polar surface area (TPSA) is 95.4 Å². The summed E-state index contributed by atoms with van der Waals surface area (Å²) in [5.41, 5.74) is 9.17. The van der Waals surface area contributed by atoms with Crippen molar-refractivity contribution < 1.29 is 9.53 Å². The molecule has 0 spiro atoms. The van der Waals surface area contributed by atoms with Crippen LogP contribution in [0.25, 0.3) is 16.9 Å². The molecule has 4 fully saturated rings. The van der Waals surface area contributed by atoms with Gasteiger partial charge in [-0.2, -0.15) is 9.61 Å². The van der Waals surface area contributed by atoms with Crippen molar-refractivity contribution >= 4 is 17.6 Å². The second-order valence-corrected chi connectivity index (χ2v) is 9.74. The normalized spacial score (nSPS) is 28.8. The van der Waals surface area contributed by atoms with E-state index in [0.717, 1.165) is 53.8 Å². The van der Waals surface area contributed by atoms with Crippen LogP contribution in [0.1, 0.15) is 44.1 Å². The summed E-state index contributed by atoms with van der Waals surface area (Å²) in [6, 6.07) is 9.91. The number of fused-ring (bicyclic) bond motifs is 1. The van der Waals surface area contributed by atoms with Crippen LogP contribution in [0.15, 0.2) is 36.7 Å². The van der Waals surface area contributed by atoms with E-state index >= 15 is 0 Å². The Bertz CT molecular complexity index is 1100. The molecule has 4 aliphatic rings. The van der Waals surface area contributed by atoms with Gasteiger partial charge in [0.25, 0.3) is 0 Å². The van der Waals surface area contributed by atoms with E-state index in [1.54, 1.807) is 4.52 Å². The summed E-state index contributed by atoms with van der Waals surface area (Å²) >= 11 is 0. The van der Waals surface area contributed by atoms with Gasteiger partial charge in [0.15, 0.2) is 5.65 Å². The van der Waals surface area contributed by atoms with Gasteiger partial charge in [-0.1, -0.05) is 30.3 Å². The van der Waals surface area contributed by atoms with E-state index in [2.05, 4.69) is 15.1 Å². The van der Waals surface area contributed by atoms with Crippen LogP contribution in [-0.2, 0) is 16.0 Å². The third kappa shape index (κ3) is 3.09. The molecule has 31 heavy (non-hydrogen) atoms. The van der Waals surface area contributed by atoms with Gasteiger partial charge >= 0.3 is 5.97 Å². The molecule has 1 aromatic carbocycles. The molecule has 0 aliphatic heterocycles. The van der Waals surface area contributed by atoms with Crippen LogP contribution in [0.3, 0.4) is 0 Å². The van der Waals surface area contributed by atoms with Gasteiger partial charge in [0.1, 0.15) is 6.33 Å². The molecule has 160 valence electrons. The molecule has 7 heteroatoms. The number of nitrogens with zero attached hydrogens (tertiary/aromatic N) is 4. The second-order valence-electron chi connectivity index (χ2n) is 9.74. The predicted octanol–water partition coefficient (Wildman–Crippen LogP) is 3.68. The fraction of sp³-hybridized carbons (Fsp3) is 0.500. The van der Waals surface area contributed by atoms with Gasteiger partial charge in [-0.25, -0.2) is 9.97 Å². The smallest absolute Gasteiger partial charge is 0.312 e. The van der Waals surface area contributed by atoms with Crippen LogP contribution < -0.4 is 5.73 Å². The molecule has 0 unspecified atom stereocenters. The molecule has 2 N–H and O–H groups in total. The highest BCUT2D eigenvalue weighted by atomic mass is 16.5. The fourth-order valence-corrected chi connectivity index (χ4v) is 6.77. The van der Waals surface area contributed by atoms with Gasteiger partial charge in [0.2, 0.25) is 5.95 Å². The highest BCUT2D eigenvalue weighted by Gasteiger charge is 2.55. The van der Waals surface area contributed by atoms with Crippen molar-refractivity contribution in [3.8, 4) is 11.3 Å². The van der Waals surface area contributed by atoms with Gasteiger partial charge in [-0.3, -0.25) is 4.79 Å². The van der Waals surface area contributed by atoms with E-state index in [-0.39, 0.29) is 11.4 Å². The Morgan fingerprint density at radius 3 is 2.45 bits per heavy atom. The van der Waals surface area contributed by atoms with Crippen molar-refractivity contribution in [1.82, 2.24) is 19.6 Å². The van der Waals surface area contributed by atoms with Crippen molar-refractivity contribution in [3.63, 3.8) is 0 Å². The van der Waals surface area contributed by atoms with E-state index in [1.807, 2.05) is 30.3 Å². The number of ether oxygens (including phenoxy) is 1. The van der Waals surface area contributed by atoms with Crippen LogP contribution in [-0.4, -0.2) is 32.2 Å². The average molecular weight is 418 g/mol. The summed E-state index contributed by atoms with van der Waals surface area (Å²) in [7, 11) is 0. The first-order valence-electron chi connectivity index (χ1n) is 11.3. The molecule has 4 saturated carbocycles. The van der Waals surface area contributed by atoms with Crippen LogP contribution in [0.4, 0.5) is 5.95 Å². The minimum Gasteiger partial charge on any atom is -0.465 e. The van der Waals surface area contributed by atoms with E-state index in [4.69, 9.17) is 10.5 Å². The average Bonchev–Trinajstić information content (AvgIpc) is 3.25. The maximum Gasteiger partial charge on any atom is 0.312 e. The Labute approximate surface area is 181 Å². The van der Waals surface area contributed by atoms with Gasteiger partial charge in [-0.05, 0) is 56.3 Å². The molecule has 0 amide bonds. The third-order valence-corrected chi connectivity index (χ3v) is 7.65. The Balaban J connectivity index is 1.25. The first kappa shape index (κ1) is 18.8. The first-order valence-corrected chi connectivity index (χ1v) is 11.3. The molecule has 2 aromatic heterocycles. The highest BCUT2D eigenvalue weighted by Crippen LogP contribution is 2.60. The monoisotopic (exact) mass is 417 g/mol. The van der Waals surface area contributed by atoms with Gasteiger partial charge in [0, 0.05) is 17.5 Å². The lowest BCUT2D eigenvalue weighted by Crippen LogP contribution is -2.50. The van der Waals surface area contributed by atoms with Crippen molar-refractivity contribution in [3.05, 3.63) is 42.2 Å². The molecule has 7 nitrogen and oxygen atoms in total. The lowest BCUT2D eigenvalue weighted by Gasteiger charge is -2.55. The SMILES string of the molecule is Nc1nc(-c2ccccc2)c(CCOC(=O)C23CC4CC(CC(C4)C2)C3)c2ncnn12. The lowest BCUT2D eigenvalue weighted by atomic mass is 9.49. The summed E-state index contributed by atoms with van der Waals surface area (Å²) in [4.78, 5) is 22.2. The molecule has 2 heterocycles. The zero-order valence-electron chi connectivity index (χ0n) is 17.5. The van der Waals surface area contributed by atoms with Crippen LogP contribution in [0, 0.1) is 23.2 Å². The number of esters is 1. The number of rotatable bonds is 5. The lowest BCUT2D eigenvalue weighted by molar-refractivity contribution is -0.171. The number of aromatic nitrogens is 4. The number of carbonyl (C=O) groups excluding carboxylic acids is 1.